The van der Waals surface area contributed by atoms with Crippen LogP contribution < -0.4 is 4.74 Å². The van der Waals surface area contributed by atoms with Crippen LogP contribution >= 0.6 is 47.8 Å². The summed E-state index contributed by atoms with van der Waals surface area (Å²) in [7, 11) is 0. The number of non-ortho nitro benzene ring substituents is 1. The Hall–Kier alpha value is -0.140. The van der Waals surface area contributed by atoms with Crippen LogP contribution in [0.25, 0.3) is 0 Å². The van der Waals surface area contributed by atoms with Crippen molar-refractivity contribution < 1.29 is 9.66 Å². The number of halogens is 3. The Morgan fingerprint density at radius 1 is 1.41 bits per heavy atom. The fraction of sp³-hybridized carbons (Fsp3) is 0.400. The largest absolute Gasteiger partial charge is 0.491 e. The Labute approximate surface area is 124 Å². The number of benzene rings is 1. The second-order valence-corrected chi connectivity index (χ2v) is 5.92. The highest BCUT2D eigenvalue weighted by atomic mass is 79.9. The first kappa shape index (κ1) is 14.9. The Balaban J connectivity index is 2.90. The van der Waals surface area contributed by atoms with E-state index in [4.69, 9.17) is 4.74 Å². The van der Waals surface area contributed by atoms with Crippen LogP contribution in [0.2, 0.25) is 0 Å². The molecule has 0 radical (unpaired) electrons. The molecule has 0 saturated heterocycles. The molecule has 0 N–H and O–H groups in total. The molecule has 17 heavy (non-hydrogen) atoms. The predicted molar refractivity (Wildman–Crippen MR) is 76.9 cm³/mol. The Bertz CT molecular complexity index is 402. The lowest BCUT2D eigenvalue weighted by atomic mass is 10.2. The summed E-state index contributed by atoms with van der Waals surface area (Å²) < 4.78 is 6.75. The molecule has 0 aliphatic heterocycles. The zero-order chi connectivity index (χ0) is 13.0. The summed E-state index contributed by atoms with van der Waals surface area (Å²) in [6.45, 7) is 2.59. The highest BCUT2D eigenvalue weighted by Gasteiger charge is 2.15. The van der Waals surface area contributed by atoms with E-state index in [1.165, 1.54) is 12.1 Å². The predicted octanol–water partition coefficient (Wildman–Crippen LogP) is 4.53. The maximum atomic E-state index is 10.6. The number of nitro groups is 1. The van der Waals surface area contributed by atoms with Crippen molar-refractivity contribution in [3.05, 3.63) is 31.2 Å². The first-order chi connectivity index (χ1) is 7.95. The van der Waals surface area contributed by atoms with Gasteiger partial charge < -0.3 is 4.74 Å². The fourth-order valence-electron chi connectivity index (χ4n) is 1.06. The van der Waals surface area contributed by atoms with Crippen LogP contribution in [0.1, 0.15) is 6.92 Å². The molecule has 0 fully saturated rings. The molecule has 1 rings (SSSR count). The SMILES string of the molecule is CC(CBr)COc1c(Br)cc([N+](=O)[O-])cc1Br. The maximum absolute atomic E-state index is 10.6. The number of nitrogens with zero attached hydrogens (tertiary/aromatic N) is 1. The molecule has 1 unspecified atom stereocenters. The minimum Gasteiger partial charge on any atom is -0.491 e. The van der Waals surface area contributed by atoms with Crippen molar-refractivity contribution in [2.24, 2.45) is 5.92 Å². The summed E-state index contributed by atoms with van der Waals surface area (Å²) in [5.74, 6) is 0.951. The lowest BCUT2D eigenvalue weighted by molar-refractivity contribution is -0.385. The molecule has 0 aliphatic rings. The van der Waals surface area contributed by atoms with Gasteiger partial charge in [0.1, 0.15) is 5.75 Å². The van der Waals surface area contributed by atoms with Crippen molar-refractivity contribution in [1.82, 2.24) is 0 Å². The van der Waals surface area contributed by atoms with Gasteiger partial charge in [0.15, 0.2) is 0 Å². The topological polar surface area (TPSA) is 52.4 Å². The normalized spacial score (nSPS) is 12.2. The van der Waals surface area contributed by atoms with Gasteiger partial charge in [0, 0.05) is 17.5 Å². The van der Waals surface area contributed by atoms with Gasteiger partial charge in [-0.2, -0.15) is 0 Å². The zero-order valence-electron chi connectivity index (χ0n) is 8.95. The molecule has 7 heteroatoms. The van der Waals surface area contributed by atoms with Crippen molar-refractivity contribution >= 4 is 53.5 Å². The maximum Gasteiger partial charge on any atom is 0.271 e. The van der Waals surface area contributed by atoms with Crippen molar-refractivity contribution in [2.75, 3.05) is 11.9 Å². The van der Waals surface area contributed by atoms with E-state index in [-0.39, 0.29) is 5.69 Å². The standard InChI is InChI=1S/C10H10Br3NO3/c1-6(4-11)5-17-10-8(12)2-7(14(15)16)3-9(10)13/h2-3,6H,4-5H2,1H3. The molecule has 1 aromatic rings. The van der Waals surface area contributed by atoms with Crippen LogP contribution in [0, 0.1) is 16.0 Å². The quantitative estimate of drug-likeness (QED) is 0.391. The smallest absolute Gasteiger partial charge is 0.271 e. The van der Waals surface area contributed by atoms with E-state index in [1.807, 2.05) is 6.92 Å². The van der Waals surface area contributed by atoms with Crippen molar-refractivity contribution in [3.63, 3.8) is 0 Å². The van der Waals surface area contributed by atoms with Gasteiger partial charge in [0.05, 0.1) is 20.5 Å². The average Bonchev–Trinajstić information content (AvgIpc) is 2.27. The molecule has 0 amide bonds. The average molecular weight is 432 g/mol. The zero-order valence-corrected chi connectivity index (χ0v) is 13.7. The molecule has 0 spiro atoms. The third kappa shape index (κ3) is 4.22. The Kier molecular flexibility index (Phi) is 5.88. The molecule has 1 aromatic carbocycles. The molecule has 94 valence electrons. The van der Waals surface area contributed by atoms with Gasteiger partial charge in [-0.05, 0) is 37.8 Å². The number of rotatable bonds is 5. The van der Waals surface area contributed by atoms with Gasteiger partial charge in [0.25, 0.3) is 5.69 Å². The number of hydrogen-bond acceptors (Lipinski definition) is 3. The third-order valence-electron chi connectivity index (χ3n) is 1.97. The van der Waals surface area contributed by atoms with Crippen LogP contribution in [-0.2, 0) is 0 Å². The van der Waals surface area contributed by atoms with Crippen LogP contribution in [0.4, 0.5) is 5.69 Å². The lowest BCUT2D eigenvalue weighted by Crippen LogP contribution is -2.10. The second-order valence-electron chi connectivity index (χ2n) is 3.57. The van der Waals surface area contributed by atoms with Crippen molar-refractivity contribution in [2.45, 2.75) is 6.92 Å². The number of hydrogen-bond donors (Lipinski definition) is 0. The minimum atomic E-state index is -0.444. The molecule has 0 heterocycles. The summed E-state index contributed by atoms with van der Waals surface area (Å²) in [6.07, 6.45) is 0. The molecular formula is C10H10Br3NO3. The van der Waals surface area contributed by atoms with E-state index in [0.29, 0.717) is 27.2 Å². The molecule has 4 nitrogen and oxygen atoms in total. The fourth-order valence-corrected chi connectivity index (χ4v) is 2.64. The van der Waals surface area contributed by atoms with Gasteiger partial charge in [-0.1, -0.05) is 22.9 Å². The summed E-state index contributed by atoms with van der Waals surface area (Å²) in [5, 5.41) is 11.5. The van der Waals surface area contributed by atoms with E-state index in [9.17, 15) is 10.1 Å². The summed E-state index contributed by atoms with van der Waals surface area (Å²) >= 11 is 9.90. The molecule has 0 aliphatic carbocycles. The molecule has 0 saturated carbocycles. The minimum absolute atomic E-state index is 0.0182. The van der Waals surface area contributed by atoms with Gasteiger partial charge in [-0.3, -0.25) is 10.1 Å². The highest BCUT2D eigenvalue weighted by Crippen LogP contribution is 2.37. The van der Waals surface area contributed by atoms with Crippen LogP contribution in [0.5, 0.6) is 5.75 Å². The summed E-state index contributed by atoms with van der Waals surface area (Å²) in [5.41, 5.74) is 0.0182. The number of nitro benzene ring substituents is 1. The first-order valence-corrected chi connectivity index (χ1v) is 7.48. The van der Waals surface area contributed by atoms with Crippen LogP contribution in [0.3, 0.4) is 0 Å². The highest BCUT2D eigenvalue weighted by molar-refractivity contribution is 9.11. The van der Waals surface area contributed by atoms with E-state index in [2.05, 4.69) is 47.8 Å². The van der Waals surface area contributed by atoms with Gasteiger partial charge in [-0.15, -0.1) is 0 Å². The van der Waals surface area contributed by atoms with Crippen LogP contribution in [-0.4, -0.2) is 16.9 Å². The van der Waals surface area contributed by atoms with Crippen LogP contribution in [0.15, 0.2) is 21.1 Å². The molecule has 0 bridgehead atoms. The number of alkyl halides is 1. The lowest BCUT2D eigenvalue weighted by Gasteiger charge is -2.13. The first-order valence-electron chi connectivity index (χ1n) is 4.78. The van der Waals surface area contributed by atoms with Crippen molar-refractivity contribution in [3.8, 4) is 5.75 Å². The summed E-state index contributed by atoms with van der Waals surface area (Å²) in [6, 6.07) is 2.86. The van der Waals surface area contributed by atoms with E-state index in [1.54, 1.807) is 0 Å². The Morgan fingerprint density at radius 2 is 1.94 bits per heavy atom. The van der Waals surface area contributed by atoms with Gasteiger partial charge >= 0.3 is 0 Å². The number of ether oxygens (including phenoxy) is 1. The summed E-state index contributed by atoms with van der Waals surface area (Å²) in [4.78, 5) is 10.2. The second kappa shape index (κ2) is 6.70. The third-order valence-corrected chi connectivity index (χ3v) is 4.25. The monoisotopic (exact) mass is 429 g/mol. The van der Waals surface area contributed by atoms with Gasteiger partial charge in [-0.25, -0.2) is 0 Å². The van der Waals surface area contributed by atoms with E-state index < -0.39 is 4.92 Å². The van der Waals surface area contributed by atoms with Crippen molar-refractivity contribution in [1.29, 1.82) is 0 Å². The Morgan fingerprint density at radius 3 is 2.35 bits per heavy atom. The molecule has 1 atom stereocenters. The molecular weight excluding hydrogens is 422 g/mol. The van der Waals surface area contributed by atoms with E-state index >= 15 is 0 Å². The van der Waals surface area contributed by atoms with Gasteiger partial charge in [0.2, 0.25) is 0 Å². The molecule has 0 aromatic heterocycles. The van der Waals surface area contributed by atoms with E-state index in [0.717, 1.165) is 5.33 Å².